The minimum absolute atomic E-state index is 0.0148. The average molecular weight is 423 g/mol. The molecule has 0 aromatic heterocycles. The van der Waals surface area contributed by atoms with E-state index in [2.05, 4.69) is 35.2 Å². The van der Waals surface area contributed by atoms with Crippen LogP contribution in [0.5, 0.6) is 0 Å². The molecule has 4 aliphatic rings. The molecule has 5 rings (SSSR count). The molecule has 1 aromatic carbocycles. The van der Waals surface area contributed by atoms with E-state index in [-0.39, 0.29) is 17.4 Å². The largest absolute Gasteiger partial charge is 0.481 e. The summed E-state index contributed by atoms with van der Waals surface area (Å²) in [5.74, 6) is 1.15. The van der Waals surface area contributed by atoms with E-state index in [0.717, 1.165) is 26.1 Å². The lowest BCUT2D eigenvalue weighted by molar-refractivity contribution is -0.144. The van der Waals surface area contributed by atoms with Gasteiger partial charge in [0.25, 0.3) is 5.91 Å². The van der Waals surface area contributed by atoms with Gasteiger partial charge in [0.15, 0.2) is 11.5 Å². The number of carbonyl (C=O) groups excluding carboxylic acids is 2. The van der Waals surface area contributed by atoms with E-state index in [1.54, 1.807) is 0 Å². The zero-order valence-corrected chi connectivity index (χ0v) is 18.8. The van der Waals surface area contributed by atoms with Crippen molar-refractivity contribution in [2.45, 2.75) is 70.1 Å². The summed E-state index contributed by atoms with van der Waals surface area (Å²) < 4.78 is 5.91. The predicted octanol–water partition coefficient (Wildman–Crippen LogP) is 3.58. The number of ketones is 1. The van der Waals surface area contributed by atoms with Crippen LogP contribution < -0.4 is 0 Å². The first kappa shape index (κ1) is 20.7. The number of amides is 1. The molecule has 0 radical (unpaired) electrons. The van der Waals surface area contributed by atoms with Crippen molar-refractivity contribution in [3.05, 3.63) is 47.7 Å². The molecule has 0 aliphatic carbocycles. The molecule has 0 saturated carbocycles. The predicted molar refractivity (Wildman–Crippen MR) is 119 cm³/mol. The second-order valence-electron chi connectivity index (χ2n) is 10.6. The van der Waals surface area contributed by atoms with Crippen LogP contribution >= 0.6 is 0 Å². The van der Waals surface area contributed by atoms with Gasteiger partial charge in [-0.1, -0.05) is 36.8 Å². The molecule has 31 heavy (non-hydrogen) atoms. The van der Waals surface area contributed by atoms with Gasteiger partial charge in [0.1, 0.15) is 5.60 Å². The number of fused-ring (bicyclic) bond motifs is 4. The molecule has 4 heterocycles. The van der Waals surface area contributed by atoms with Gasteiger partial charge in [-0.15, -0.1) is 0 Å². The van der Waals surface area contributed by atoms with Gasteiger partial charge in [-0.05, 0) is 56.9 Å². The van der Waals surface area contributed by atoms with Gasteiger partial charge < -0.3 is 9.64 Å². The molecule has 5 nitrogen and oxygen atoms in total. The second kappa shape index (κ2) is 8.09. The Morgan fingerprint density at radius 2 is 1.94 bits per heavy atom. The average Bonchev–Trinajstić information content (AvgIpc) is 2.73. The van der Waals surface area contributed by atoms with Crippen LogP contribution in [-0.2, 0) is 20.7 Å². The molecule has 0 unspecified atom stereocenters. The third kappa shape index (κ3) is 4.30. The highest BCUT2D eigenvalue weighted by molar-refractivity contribution is 6.01. The zero-order chi connectivity index (χ0) is 21.6. The first-order valence-corrected chi connectivity index (χ1v) is 11.9. The van der Waals surface area contributed by atoms with Crippen molar-refractivity contribution >= 4 is 11.7 Å². The van der Waals surface area contributed by atoms with Gasteiger partial charge in [0, 0.05) is 44.2 Å². The van der Waals surface area contributed by atoms with Gasteiger partial charge in [0.05, 0.1) is 0 Å². The number of rotatable bonds is 3. The van der Waals surface area contributed by atoms with Gasteiger partial charge in [-0.25, -0.2) is 0 Å². The van der Waals surface area contributed by atoms with E-state index >= 15 is 0 Å². The number of ether oxygens (including phenoxy) is 1. The number of benzene rings is 1. The summed E-state index contributed by atoms with van der Waals surface area (Å²) in [6, 6.07) is 12.0. The molecule has 3 fully saturated rings. The molecule has 4 aliphatic heterocycles. The van der Waals surface area contributed by atoms with E-state index in [9.17, 15) is 9.59 Å². The van der Waals surface area contributed by atoms with Crippen LogP contribution in [-0.4, -0.2) is 58.8 Å². The number of nitrogens with zero attached hydrogens (tertiary/aromatic N) is 2. The van der Waals surface area contributed by atoms with Crippen LogP contribution in [0.2, 0.25) is 0 Å². The van der Waals surface area contributed by atoms with Crippen LogP contribution in [0, 0.1) is 11.8 Å². The summed E-state index contributed by atoms with van der Waals surface area (Å²) in [5, 5.41) is 0. The summed E-state index contributed by atoms with van der Waals surface area (Å²) in [5.41, 5.74) is 0.821. The van der Waals surface area contributed by atoms with Crippen molar-refractivity contribution in [1.82, 2.24) is 9.80 Å². The smallest absolute Gasteiger partial charge is 0.289 e. The lowest BCUT2D eigenvalue weighted by Gasteiger charge is -2.55. The Kier molecular flexibility index (Phi) is 5.41. The first-order chi connectivity index (χ1) is 14.9. The number of piperidine rings is 3. The fraction of sp³-hybridized carbons (Fsp3) is 0.615. The Hall–Kier alpha value is -2.14. The maximum atomic E-state index is 13.2. The normalized spacial score (nSPS) is 32.6. The fourth-order valence-electron chi connectivity index (χ4n) is 6.42. The summed E-state index contributed by atoms with van der Waals surface area (Å²) in [7, 11) is 0. The highest BCUT2D eigenvalue weighted by Crippen LogP contribution is 2.41. The highest BCUT2D eigenvalue weighted by Gasteiger charge is 2.46. The van der Waals surface area contributed by atoms with Crippen LogP contribution in [0.3, 0.4) is 0 Å². The quantitative estimate of drug-likeness (QED) is 0.747. The highest BCUT2D eigenvalue weighted by atomic mass is 16.5. The SMILES string of the molecule is CC1(C)CC(=O)C=C(C(=O)N2C[C@@H]3C[C@H](C2)[C@@H]2CCC[C@H](Cc4ccccc4)N2C3)O1. The van der Waals surface area contributed by atoms with Crippen molar-refractivity contribution in [1.29, 1.82) is 0 Å². The van der Waals surface area contributed by atoms with E-state index in [1.165, 1.54) is 37.3 Å². The van der Waals surface area contributed by atoms with Crippen LogP contribution in [0.4, 0.5) is 0 Å². The molecular formula is C26H34N2O3. The molecule has 0 spiro atoms. The number of allylic oxidation sites excluding steroid dienone is 1. The molecule has 0 N–H and O–H groups in total. The number of likely N-dealkylation sites (tertiary alicyclic amines) is 1. The summed E-state index contributed by atoms with van der Waals surface area (Å²) in [6.07, 6.45) is 7.85. The lowest BCUT2D eigenvalue weighted by atomic mass is 9.74. The first-order valence-electron chi connectivity index (χ1n) is 11.9. The minimum Gasteiger partial charge on any atom is -0.481 e. The third-order valence-corrected chi connectivity index (χ3v) is 7.61. The maximum Gasteiger partial charge on any atom is 0.289 e. The Morgan fingerprint density at radius 3 is 2.71 bits per heavy atom. The van der Waals surface area contributed by atoms with Crippen molar-refractivity contribution in [3.8, 4) is 0 Å². The minimum atomic E-state index is -0.604. The summed E-state index contributed by atoms with van der Waals surface area (Å²) in [4.78, 5) is 30.1. The summed E-state index contributed by atoms with van der Waals surface area (Å²) in [6.45, 7) is 6.38. The van der Waals surface area contributed by atoms with Gasteiger partial charge >= 0.3 is 0 Å². The molecule has 4 atom stereocenters. The van der Waals surface area contributed by atoms with E-state index in [4.69, 9.17) is 4.74 Å². The van der Waals surface area contributed by atoms with Crippen molar-refractivity contribution < 1.29 is 14.3 Å². The van der Waals surface area contributed by atoms with E-state index < -0.39 is 5.60 Å². The standard InChI is InChI=1S/C26H34N2O3/c1-26(2)14-22(29)13-24(31-26)25(30)27-15-19-11-20(17-27)23-10-6-9-21(28(23)16-19)12-18-7-4-3-5-8-18/h3-5,7-8,13,19-21,23H,6,9-12,14-17H2,1-2H3/t19-,20+,21+,23-/m0/s1. The second-order valence-corrected chi connectivity index (χ2v) is 10.6. The van der Waals surface area contributed by atoms with Crippen LogP contribution in [0.25, 0.3) is 0 Å². The van der Waals surface area contributed by atoms with E-state index in [0.29, 0.717) is 30.3 Å². The van der Waals surface area contributed by atoms with Gasteiger partial charge in [0.2, 0.25) is 0 Å². The van der Waals surface area contributed by atoms with Crippen molar-refractivity contribution in [3.63, 3.8) is 0 Å². The van der Waals surface area contributed by atoms with Crippen LogP contribution in [0.1, 0.15) is 51.5 Å². The maximum absolute atomic E-state index is 13.2. The number of carbonyl (C=O) groups is 2. The number of hydrogen-bond acceptors (Lipinski definition) is 4. The molecule has 1 aromatic rings. The third-order valence-electron chi connectivity index (χ3n) is 7.61. The van der Waals surface area contributed by atoms with Gasteiger partial charge in [-0.2, -0.15) is 0 Å². The molecule has 2 bridgehead atoms. The molecule has 3 saturated heterocycles. The molecule has 166 valence electrons. The van der Waals surface area contributed by atoms with E-state index in [1.807, 2.05) is 18.7 Å². The Labute approximate surface area is 185 Å². The van der Waals surface area contributed by atoms with Gasteiger partial charge in [-0.3, -0.25) is 14.5 Å². The Balaban J connectivity index is 1.29. The monoisotopic (exact) mass is 422 g/mol. The Bertz CT molecular complexity index is 878. The van der Waals surface area contributed by atoms with Crippen molar-refractivity contribution in [2.75, 3.05) is 19.6 Å². The fourth-order valence-corrected chi connectivity index (χ4v) is 6.42. The van der Waals surface area contributed by atoms with Crippen molar-refractivity contribution in [2.24, 2.45) is 11.8 Å². The lowest BCUT2D eigenvalue weighted by Crippen LogP contribution is -2.62. The van der Waals surface area contributed by atoms with Crippen LogP contribution in [0.15, 0.2) is 42.2 Å². The molecular weight excluding hydrogens is 388 g/mol. The molecule has 5 heteroatoms. The Morgan fingerprint density at radius 1 is 1.13 bits per heavy atom. The zero-order valence-electron chi connectivity index (χ0n) is 18.8. The molecule has 1 amide bonds. The summed E-state index contributed by atoms with van der Waals surface area (Å²) >= 11 is 0. The number of hydrogen-bond donors (Lipinski definition) is 0. The topological polar surface area (TPSA) is 49.9 Å².